The zero-order chi connectivity index (χ0) is 14.7. The van der Waals surface area contributed by atoms with Crippen LogP contribution in [0.3, 0.4) is 0 Å². The van der Waals surface area contributed by atoms with Crippen LogP contribution in [-0.2, 0) is 0 Å². The van der Waals surface area contributed by atoms with Crippen LogP contribution in [0.15, 0.2) is 30.6 Å². The molecule has 1 saturated heterocycles. The molecular weight excluding hydrogens is 264 g/mol. The third kappa shape index (κ3) is 3.61. The Bertz CT molecular complexity index is 541. The Morgan fingerprint density at radius 3 is 2.95 bits per heavy atom. The molecule has 2 aromatic heterocycles. The molecule has 2 aromatic rings. The maximum Gasteiger partial charge on any atom is 0.137 e. The second-order valence-electron chi connectivity index (χ2n) is 5.88. The molecule has 2 N–H and O–H groups in total. The highest BCUT2D eigenvalue weighted by Crippen LogP contribution is 2.13. The summed E-state index contributed by atoms with van der Waals surface area (Å²) in [6.45, 7) is 6.15. The predicted molar refractivity (Wildman–Crippen MR) is 83.3 cm³/mol. The molecule has 3 rings (SSSR count). The van der Waals surface area contributed by atoms with E-state index in [2.05, 4.69) is 32.7 Å². The Morgan fingerprint density at radius 2 is 2.19 bits per heavy atom. The molecule has 1 unspecified atom stereocenters. The summed E-state index contributed by atoms with van der Waals surface area (Å²) in [7, 11) is 0. The number of fused-ring (bicyclic) bond motifs is 1. The molecule has 1 aliphatic rings. The number of nitrogens with one attached hydrogen (secondary N) is 1. The van der Waals surface area contributed by atoms with Gasteiger partial charge in [0.25, 0.3) is 0 Å². The molecule has 0 spiro atoms. The van der Waals surface area contributed by atoms with E-state index in [9.17, 15) is 5.11 Å². The van der Waals surface area contributed by atoms with Gasteiger partial charge in [0.2, 0.25) is 0 Å². The molecule has 1 atom stereocenters. The number of aromatic nitrogens is 2. The van der Waals surface area contributed by atoms with Gasteiger partial charge in [-0.2, -0.15) is 0 Å². The number of piperidine rings is 1. The molecule has 0 saturated carbocycles. The van der Waals surface area contributed by atoms with Crippen LogP contribution >= 0.6 is 0 Å². The molecule has 0 aromatic carbocycles. The molecular formula is C16H24N4O. The zero-order valence-corrected chi connectivity index (χ0v) is 12.6. The van der Waals surface area contributed by atoms with Gasteiger partial charge in [-0.15, -0.1) is 0 Å². The van der Waals surface area contributed by atoms with Crippen molar-refractivity contribution in [2.45, 2.75) is 31.9 Å². The van der Waals surface area contributed by atoms with Gasteiger partial charge in [-0.05, 0) is 31.9 Å². The van der Waals surface area contributed by atoms with Gasteiger partial charge >= 0.3 is 0 Å². The third-order valence-electron chi connectivity index (χ3n) is 4.26. The average molecular weight is 288 g/mol. The van der Waals surface area contributed by atoms with E-state index in [-0.39, 0.29) is 12.1 Å². The number of hydrogen-bond acceptors (Lipinski definition) is 4. The number of aliphatic hydroxyl groups excluding tert-OH is 1. The number of imidazole rings is 1. The van der Waals surface area contributed by atoms with Crippen LogP contribution in [0.4, 0.5) is 0 Å². The lowest BCUT2D eigenvalue weighted by Crippen LogP contribution is -2.40. The molecule has 0 aliphatic carbocycles. The number of nitrogens with zero attached hydrogens (tertiary/aromatic N) is 3. The van der Waals surface area contributed by atoms with Crippen LogP contribution in [0.1, 0.15) is 31.5 Å². The summed E-state index contributed by atoms with van der Waals surface area (Å²) in [6, 6.07) is 6.30. The first-order valence-corrected chi connectivity index (χ1v) is 7.80. The first-order chi connectivity index (χ1) is 10.2. The molecule has 3 heterocycles. The SMILES string of the molecule is CC(NCCN1CCC(O)CC1)c1cn2ccccc2n1. The molecule has 1 fully saturated rings. The highest BCUT2D eigenvalue weighted by Gasteiger charge is 2.16. The summed E-state index contributed by atoms with van der Waals surface area (Å²) in [4.78, 5) is 7.05. The van der Waals surface area contributed by atoms with Crippen molar-refractivity contribution < 1.29 is 5.11 Å². The smallest absolute Gasteiger partial charge is 0.137 e. The van der Waals surface area contributed by atoms with Gasteiger partial charge in [-0.25, -0.2) is 4.98 Å². The highest BCUT2D eigenvalue weighted by molar-refractivity contribution is 5.39. The Kier molecular flexibility index (Phi) is 4.53. The Hall–Kier alpha value is -1.43. The van der Waals surface area contributed by atoms with Gasteiger partial charge in [0.15, 0.2) is 0 Å². The van der Waals surface area contributed by atoms with Crippen LogP contribution in [0, 0.1) is 0 Å². The van der Waals surface area contributed by atoms with E-state index in [1.165, 1.54) is 0 Å². The Labute approximate surface area is 125 Å². The van der Waals surface area contributed by atoms with Crippen molar-refractivity contribution in [2.24, 2.45) is 0 Å². The zero-order valence-electron chi connectivity index (χ0n) is 12.6. The lowest BCUT2D eigenvalue weighted by atomic mass is 10.1. The van der Waals surface area contributed by atoms with Crippen LogP contribution < -0.4 is 5.32 Å². The van der Waals surface area contributed by atoms with Crippen molar-refractivity contribution in [3.05, 3.63) is 36.3 Å². The number of hydrogen-bond donors (Lipinski definition) is 2. The largest absolute Gasteiger partial charge is 0.393 e. The van der Waals surface area contributed by atoms with E-state index in [4.69, 9.17) is 0 Å². The lowest BCUT2D eigenvalue weighted by molar-refractivity contribution is 0.0827. The Morgan fingerprint density at radius 1 is 1.38 bits per heavy atom. The van der Waals surface area contributed by atoms with Crippen LogP contribution in [0.25, 0.3) is 5.65 Å². The van der Waals surface area contributed by atoms with Crippen molar-refractivity contribution in [2.75, 3.05) is 26.2 Å². The fourth-order valence-corrected chi connectivity index (χ4v) is 2.85. The topological polar surface area (TPSA) is 52.8 Å². The number of pyridine rings is 1. The van der Waals surface area contributed by atoms with Gasteiger partial charge < -0.3 is 19.7 Å². The molecule has 0 amide bonds. The summed E-state index contributed by atoms with van der Waals surface area (Å²) in [5, 5.41) is 13.0. The fourth-order valence-electron chi connectivity index (χ4n) is 2.85. The van der Waals surface area contributed by atoms with Crippen LogP contribution in [0.2, 0.25) is 0 Å². The van der Waals surface area contributed by atoms with Crippen molar-refractivity contribution in [1.29, 1.82) is 0 Å². The second-order valence-corrected chi connectivity index (χ2v) is 5.88. The number of likely N-dealkylation sites (tertiary alicyclic amines) is 1. The molecule has 0 radical (unpaired) electrons. The number of aliphatic hydroxyl groups is 1. The summed E-state index contributed by atoms with van der Waals surface area (Å²) in [6.07, 6.45) is 5.83. The van der Waals surface area contributed by atoms with Crippen molar-refractivity contribution in [3.63, 3.8) is 0 Å². The minimum atomic E-state index is -0.0916. The minimum absolute atomic E-state index is 0.0916. The summed E-state index contributed by atoms with van der Waals surface area (Å²) >= 11 is 0. The van der Waals surface area contributed by atoms with Crippen molar-refractivity contribution in [1.82, 2.24) is 19.6 Å². The highest BCUT2D eigenvalue weighted by atomic mass is 16.3. The quantitative estimate of drug-likeness (QED) is 0.874. The standard InChI is InChI=1S/C16H24N4O/c1-13(15-12-20-8-3-2-4-16(20)18-15)17-7-11-19-9-5-14(21)6-10-19/h2-4,8,12-14,17,21H,5-7,9-11H2,1H3. The third-order valence-corrected chi connectivity index (χ3v) is 4.26. The van der Waals surface area contributed by atoms with Gasteiger partial charge in [0, 0.05) is 44.6 Å². The molecule has 5 nitrogen and oxygen atoms in total. The lowest BCUT2D eigenvalue weighted by Gasteiger charge is -2.29. The molecule has 5 heteroatoms. The maximum absolute atomic E-state index is 9.51. The average Bonchev–Trinajstić information content (AvgIpc) is 2.93. The summed E-state index contributed by atoms with van der Waals surface area (Å²) in [5.41, 5.74) is 2.07. The van der Waals surface area contributed by atoms with Crippen LogP contribution in [-0.4, -0.2) is 51.7 Å². The fraction of sp³-hybridized carbons (Fsp3) is 0.562. The first-order valence-electron chi connectivity index (χ1n) is 7.80. The Balaban J connectivity index is 1.48. The molecule has 0 bridgehead atoms. The van der Waals surface area contributed by atoms with Crippen LogP contribution in [0.5, 0.6) is 0 Å². The van der Waals surface area contributed by atoms with Crippen molar-refractivity contribution in [3.8, 4) is 0 Å². The minimum Gasteiger partial charge on any atom is -0.393 e. The number of rotatable bonds is 5. The van der Waals surface area contributed by atoms with Gasteiger partial charge in [-0.1, -0.05) is 6.07 Å². The predicted octanol–water partition coefficient (Wildman–Crippen LogP) is 1.44. The van der Waals surface area contributed by atoms with E-state index in [1.54, 1.807) is 0 Å². The van der Waals surface area contributed by atoms with E-state index in [1.807, 2.05) is 24.4 Å². The second kappa shape index (κ2) is 6.56. The molecule has 114 valence electrons. The summed E-state index contributed by atoms with van der Waals surface area (Å²) < 4.78 is 2.06. The van der Waals surface area contributed by atoms with Gasteiger partial charge in [0.1, 0.15) is 5.65 Å². The van der Waals surface area contributed by atoms with E-state index >= 15 is 0 Å². The first kappa shape index (κ1) is 14.5. The van der Waals surface area contributed by atoms with E-state index in [0.717, 1.165) is 50.4 Å². The van der Waals surface area contributed by atoms with E-state index < -0.39 is 0 Å². The summed E-state index contributed by atoms with van der Waals surface area (Å²) in [5.74, 6) is 0. The van der Waals surface area contributed by atoms with Gasteiger partial charge in [0.05, 0.1) is 11.8 Å². The van der Waals surface area contributed by atoms with E-state index in [0.29, 0.717) is 0 Å². The molecule has 21 heavy (non-hydrogen) atoms. The normalized spacial score (nSPS) is 19.1. The van der Waals surface area contributed by atoms with Gasteiger partial charge in [-0.3, -0.25) is 0 Å². The van der Waals surface area contributed by atoms with Crippen molar-refractivity contribution >= 4 is 5.65 Å². The monoisotopic (exact) mass is 288 g/mol. The molecule has 1 aliphatic heterocycles. The maximum atomic E-state index is 9.51.